The van der Waals surface area contributed by atoms with Gasteiger partial charge < -0.3 is 4.74 Å². The molecule has 0 unspecified atom stereocenters. The minimum absolute atomic E-state index is 0.0489. The molecular formula is C26H35F5O. The topological polar surface area (TPSA) is 9.23 Å². The van der Waals surface area contributed by atoms with Crippen LogP contribution in [0, 0.1) is 41.1 Å². The van der Waals surface area contributed by atoms with Gasteiger partial charge in [-0.15, -0.1) is 0 Å². The van der Waals surface area contributed by atoms with Gasteiger partial charge in [-0.05, 0) is 62.2 Å². The van der Waals surface area contributed by atoms with Crippen LogP contribution in [-0.2, 0) is 0 Å². The van der Waals surface area contributed by atoms with Crippen LogP contribution in [0.2, 0.25) is 0 Å². The van der Waals surface area contributed by atoms with Crippen LogP contribution in [-0.4, -0.2) is 6.11 Å². The number of benzene rings is 1. The molecule has 0 saturated heterocycles. The van der Waals surface area contributed by atoms with E-state index in [4.69, 9.17) is 0 Å². The second-order valence-corrected chi connectivity index (χ2v) is 9.68. The second-order valence-electron chi connectivity index (χ2n) is 9.68. The zero-order valence-corrected chi connectivity index (χ0v) is 18.9. The summed E-state index contributed by atoms with van der Waals surface area (Å²) in [6, 6.07) is 0.841. The zero-order chi connectivity index (χ0) is 23.1. The van der Waals surface area contributed by atoms with Crippen LogP contribution in [0.4, 0.5) is 22.0 Å². The summed E-state index contributed by atoms with van der Waals surface area (Å²) < 4.78 is 72.0. The highest BCUT2D eigenvalue weighted by atomic mass is 19.3. The van der Waals surface area contributed by atoms with Gasteiger partial charge in [0.2, 0.25) is 0 Å². The Kier molecular flexibility index (Phi) is 9.01. The van der Waals surface area contributed by atoms with Gasteiger partial charge in [0.25, 0.3) is 0 Å². The van der Waals surface area contributed by atoms with Crippen molar-refractivity contribution >= 4 is 0 Å². The van der Waals surface area contributed by atoms with Crippen molar-refractivity contribution in [1.82, 2.24) is 0 Å². The first kappa shape index (κ1) is 25.0. The van der Waals surface area contributed by atoms with Crippen LogP contribution in [0.3, 0.4) is 0 Å². The summed E-state index contributed by atoms with van der Waals surface area (Å²) in [6.07, 6.45) is 12.8. The summed E-state index contributed by atoms with van der Waals surface area (Å²) >= 11 is 0. The molecule has 180 valence electrons. The Morgan fingerprint density at radius 1 is 0.875 bits per heavy atom. The van der Waals surface area contributed by atoms with E-state index in [-0.39, 0.29) is 5.92 Å². The van der Waals surface area contributed by atoms with Gasteiger partial charge in [-0.1, -0.05) is 51.5 Å². The normalized spacial score (nSPS) is 27.1. The lowest BCUT2D eigenvalue weighted by Gasteiger charge is -2.37. The van der Waals surface area contributed by atoms with Gasteiger partial charge in [0.15, 0.2) is 17.5 Å². The molecule has 2 aliphatic carbocycles. The van der Waals surface area contributed by atoms with Gasteiger partial charge >= 0.3 is 6.11 Å². The highest BCUT2D eigenvalue weighted by molar-refractivity contribution is 5.26. The first-order valence-corrected chi connectivity index (χ1v) is 12.2. The molecule has 6 heteroatoms. The molecule has 0 N–H and O–H groups in total. The van der Waals surface area contributed by atoms with Crippen LogP contribution in [0.5, 0.6) is 5.75 Å². The monoisotopic (exact) mass is 458 g/mol. The van der Waals surface area contributed by atoms with Crippen LogP contribution >= 0.6 is 0 Å². The Morgan fingerprint density at radius 3 is 2.00 bits per heavy atom. The summed E-state index contributed by atoms with van der Waals surface area (Å²) in [5.41, 5.74) is 0. The summed E-state index contributed by atoms with van der Waals surface area (Å²) in [4.78, 5) is 0. The third-order valence-corrected chi connectivity index (χ3v) is 7.36. The molecule has 32 heavy (non-hydrogen) atoms. The smallest absolute Gasteiger partial charge is 0.419 e. The highest BCUT2D eigenvalue weighted by Crippen LogP contribution is 2.42. The number of unbranched alkanes of at least 4 members (excludes halogenated alkanes) is 2. The lowest BCUT2D eigenvalue weighted by atomic mass is 9.68. The SMILES string of the molecule is CCCCCC1CCC(C2CCC(/C=C/C(F)(F)Oc3cc(F)c(F)c(F)c3)CC2)CC1. The summed E-state index contributed by atoms with van der Waals surface area (Å²) in [6.45, 7) is 2.24. The van der Waals surface area contributed by atoms with Crippen molar-refractivity contribution in [3.8, 4) is 5.75 Å². The lowest BCUT2D eigenvalue weighted by Crippen LogP contribution is -2.26. The maximum absolute atomic E-state index is 14.1. The van der Waals surface area contributed by atoms with E-state index in [9.17, 15) is 22.0 Å². The first-order chi connectivity index (χ1) is 15.3. The third kappa shape index (κ3) is 7.21. The van der Waals surface area contributed by atoms with Gasteiger partial charge in [0, 0.05) is 18.2 Å². The number of allylic oxidation sites excluding steroid dienone is 1. The van der Waals surface area contributed by atoms with E-state index in [2.05, 4.69) is 11.7 Å². The fourth-order valence-corrected chi connectivity index (χ4v) is 5.47. The first-order valence-electron chi connectivity index (χ1n) is 12.2. The van der Waals surface area contributed by atoms with Crippen molar-refractivity contribution in [3.63, 3.8) is 0 Å². The summed E-state index contributed by atoms with van der Waals surface area (Å²) in [5, 5.41) is 0. The number of alkyl halides is 2. The van der Waals surface area contributed by atoms with E-state index < -0.39 is 29.3 Å². The molecule has 0 aromatic heterocycles. The van der Waals surface area contributed by atoms with Gasteiger partial charge in [-0.25, -0.2) is 13.2 Å². The summed E-state index contributed by atoms with van der Waals surface area (Å²) in [7, 11) is 0. The van der Waals surface area contributed by atoms with Crippen LogP contribution in [0.25, 0.3) is 0 Å². The van der Waals surface area contributed by atoms with Crippen LogP contribution in [0.1, 0.15) is 84.0 Å². The second kappa shape index (κ2) is 11.5. The number of ether oxygens (including phenoxy) is 1. The molecule has 2 aliphatic rings. The van der Waals surface area contributed by atoms with E-state index >= 15 is 0 Å². The van der Waals surface area contributed by atoms with Crippen LogP contribution in [0.15, 0.2) is 24.3 Å². The average Bonchev–Trinajstić information content (AvgIpc) is 2.77. The quantitative estimate of drug-likeness (QED) is 0.155. The molecule has 0 spiro atoms. The Morgan fingerprint density at radius 2 is 1.44 bits per heavy atom. The largest absolute Gasteiger partial charge is 0.429 e. The van der Waals surface area contributed by atoms with Gasteiger partial charge in [-0.2, -0.15) is 8.78 Å². The molecular weight excluding hydrogens is 423 g/mol. The molecule has 1 aromatic carbocycles. The number of rotatable bonds is 9. The lowest BCUT2D eigenvalue weighted by molar-refractivity contribution is -0.132. The Bertz CT molecular complexity index is 724. The van der Waals surface area contributed by atoms with Crippen molar-refractivity contribution in [2.75, 3.05) is 0 Å². The van der Waals surface area contributed by atoms with Crippen molar-refractivity contribution in [3.05, 3.63) is 41.7 Å². The predicted octanol–water partition coefficient (Wildman–Crippen LogP) is 8.82. The Hall–Kier alpha value is -1.59. The van der Waals surface area contributed by atoms with E-state index in [1.165, 1.54) is 57.4 Å². The molecule has 0 atom stereocenters. The molecule has 0 aliphatic heterocycles. The van der Waals surface area contributed by atoms with Crippen molar-refractivity contribution < 1.29 is 26.7 Å². The molecule has 2 saturated carbocycles. The maximum atomic E-state index is 14.1. The molecule has 1 nitrogen and oxygen atoms in total. The Balaban J connectivity index is 1.42. The molecule has 0 bridgehead atoms. The van der Waals surface area contributed by atoms with Gasteiger partial charge in [-0.3, -0.25) is 0 Å². The van der Waals surface area contributed by atoms with E-state index in [0.29, 0.717) is 24.1 Å². The third-order valence-electron chi connectivity index (χ3n) is 7.36. The number of hydrogen-bond donors (Lipinski definition) is 0. The van der Waals surface area contributed by atoms with E-state index in [0.717, 1.165) is 37.5 Å². The predicted molar refractivity (Wildman–Crippen MR) is 116 cm³/mol. The van der Waals surface area contributed by atoms with E-state index in [1.54, 1.807) is 0 Å². The van der Waals surface area contributed by atoms with Crippen molar-refractivity contribution in [2.24, 2.45) is 23.7 Å². The van der Waals surface area contributed by atoms with Crippen LogP contribution < -0.4 is 4.74 Å². The molecule has 3 rings (SSSR count). The fourth-order valence-electron chi connectivity index (χ4n) is 5.47. The minimum Gasteiger partial charge on any atom is -0.429 e. The highest BCUT2D eigenvalue weighted by Gasteiger charge is 2.32. The minimum atomic E-state index is -3.72. The molecule has 0 amide bonds. The number of halogens is 5. The van der Waals surface area contributed by atoms with E-state index in [1.807, 2.05) is 0 Å². The average molecular weight is 459 g/mol. The van der Waals surface area contributed by atoms with Gasteiger partial charge in [0.05, 0.1) is 0 Å². The summed E-state index contributed by atoms with van der Waals surface area (Å²) in [5.74, 6) is -3.17. The molecule has 2 fully saturated rings. The molecule has 1 aromatic rings. The van der Waals surface area contributed by atoms with Gasteiger partial charge in [0.1, 0.15) is 5.75 Å². The fraction of sp³-hybridized carbons (Fsp3) is 0.692. The van der Waals surface area contributed by atoms with Crippen molar-refractivity contribution in [1.29, 1.82) is 0 Å². The standard InChI is InChI=1S/C26H35F5O/c1-2-3-4-5-18-6-10-20(11-7-18)21-12-8-19(9-13-21)14-15-26(30,31)32-22-16-23(27)25(29)24(28)17-22/h14-21H,2-13H2,1H3/b15-14+. The molecule has 0 radical (unpaired) electrons. The number of hydrogen-bond acceptors (Lipinski definition) is 1. The van der Waals surface area contributed by atoms with Crippen molar-refractivity contribution in [2.45, 2.75) is 90.1 Å². The maximum Gasteiger partial charge on any atom is 0.419 e. The Labute approximate surface area is 188 Å². The molecule has 0 heterocycles. The zero-order valence-electron chi connectivity index (χ0n) is 18.9.